The molecule has 0 spiro atoms. The Morgan fingerprint density at radius 1 is 1.13 bits per heavy atom. The number of thioether (sulfide) groups is 1. The molecule has 0 unspecified atom stereocenters. The van der Waals surface area contributed by atoms with E-state index < -0.39 is 0 Å². The Kier molecular flexibility index (Phi) is 12.1. The first-order valence-corrected chi connectivity index (χ1v) is 12.7. The first-order chi connectivity index (χ1) is 14.5. The number of carbonyl (C=O) groups excluding carboxylic acids is 1. The Hall–Kier alpha value is -0.860. The first kappa shape index (κ1) is 25.4. The quantitative estimate of drug-likeness (QED) is 0.581. The lowest BCUT2D eigenvalue weighted by Crippen LogP contribution is -2.43. The highest BCUT2D eigenvalue weighted by atomic mass is 79.9. The van der Waals surface area contributed by atoms with Crippen molar-refractivity contribution in [2.45, 2.75) is 26.3 Å². The number of hydrogen-bond acceptors (Lipinski definition) is 6. The summed E-state index contributed by atoms with van der Waals surface area (Å²) in [5.74, 6) is 1.35. The molecule has 1 aromatic rings. The molecule has 2 fully saturated rings. The van der Waals surface area contributed by atoms with E-state index in [1.807, 2.05) is 0 Å². The fourth-order valence-electron chi connectivity index (χ4n) is 3.67. The standard InChI is InChI=1S/C12H17BrN2.C11H20N2OS/c1-14-6-8-15(9-7-14)10-11-4-2-3-5-12(11)13;1-2-15-11(7-12)8-13-5-3-10(9-14)4-6-13/h2-5H,6-10H2,1H3;7,9-10H,2-6,8,12H2,1H3/b;11-7-. The number of benzene rings is 1. The van der Waals surface area contributed by atoms with Crippen molar-refractivity contribution in [2.75, 3.05) is 58.6 Å². The molecule has 2 N–H and O–H groups in total. The van der Waals surface area contributed by atoms with Gasteiger partial charge < -0.3 is 15.4 Å². The van der Waals surface area contributed by atoms with E-state index in [0.717, 1.165) is 51.1 Å². The molecule has 5 nitrogen and oxygen atoms in total. The van der Waals surface area contributed by atoms with Crippen molar-refractivity contribution >= 4 is 34.0 Å². The van der Waals surface area contributed by atoms with Crippen LogP contribution in [0.5, 0.6) is 0 Å². The van der Waals surface area contributed by atoms with E-state index in [-0.39, 0.29) is 5.92 Å². The highest BCUT2D eigenvalue weighted by molar-refractivity contribution is 9.10. The number of carbonyl (C=O) groups is 1. The van der Waals surface area contributed by atoms with E-state index >= 15 is 0 Å². The van der Waals surface area contributed by atoms with Gasteiger partial charge in [-0.15, -0.1) is 11.8 Å². The Balaban J connectivity index is 0.000000214. The molecular weight excluding hydrogens is 460 g/mol. The van der Waals surface area contributed by atoms with Crippen LogP contribution in [0.2, 0.25) is 0 Å². The summed E-state index contributed by atoms with van der Waals surface area (Å²) < 4.78 is 1.23. The van der Waals surface area contributed by atoms with Gasteiger partial charge in [0.1, 0.15) is 6.29 Å². The monoisotopic (exact) mass is 496 g/mol. The van der Waals surface area contributed by atoms with Crippen LogP contribution in [0.4, 0.5) is 0 Å². The van der Waals surface area contributed by atoms with Crippen LogP contribution in [0.15, 0.2) is 39.8 Å². The molecule has 7 heteroatoms. The van der Waals surface area contributed by atoms with Crippen molar-refractivity contribution in [3.8, 4) is 0 Å². The lowest BCUT2D eigenvalue weighted by atomic mass is 9.99. The molecule has 2 aliphatic rings. The molecule has 0 saturated carbocycles. The second-order valence-corrected chi connectivity index (χ2v) is 10.2. The van der Waals surface area contributed by atoms with Gasteiger partial charge in [0.05, 0.1) is 0 Å². The van der Waals surface area contributed by atoms with Gasteiger partial charge in [0.2, 0.25) is 0 Å². The average Bonchev–Trinajstić information content (AvgIpc) is 2.77. The molecule has 0 radical (unpaired) electrons. The van der Waals surface area contributed by atoms with E-state index in [0.29, 0.717) is 0 Å². The largest absolute Gasteiger partial charge is 0.404 e. The summed E-state index contributed by atoms with van der Waals surface area (Å²) in [5, 5.41) is 0. The summed E-state index contributed by atoms with van der Waals surface area (Å²) in [5.41, 5.74) is 6.95. The van der Waals surface area contributed by atoms with Crippen molar-refractivity contribution in [1.29, 1.82) is 0 Å². The van der Waals surface area contributed by atoms with Crippen molar-refractivity contribution < 1.29 is 4.79 Å². The maximum absolute atomic E-state index is 10.6. The first-order valence-electron chi connectivity index (χ1n) is 10.9. The number of nitrogens with two attached hydrogens (primary N) is 1. The molecule has 2 saturated heterocycles. The predicted molar refractivity (Wildman–Crippen MR) is 133 cm³/mol. The molecule has 0 aliphatic carbocycles. The number of aldehydes is 1. The Morgan fingerprint density at radius 2 is 1.80 bits per heavy atom. The number of halogens is 1. The van der Waals surface area contributed by atoms with Gasteiger partial charge in [-0.25, -0.2) is 0 Å². The minimum absolute atomic E-state index is 0.283. The number of piperidine rings is 1. The SMILES string of the molecule is CCS/C(=C\N)CN1CCC(C=O)CC1.CN1CCN(Cc2ccccc2Br)CC1. The van der Waals surface area contributed by atoms with Crippen LogP contribution < -0.4 is 5.73 Å². The normalized spacial score (nSPS) is 19.9. The predicted octanol–water partition coefficient (Wildman–Crippen LogP) is 3.65. The summed E-state index contributed by atoms with van der Waals surface area (Å²) in [6.45, 7) is 10.9. The van der Waals surface area contributed by atoms with Crippen LogP contribution in [0.25, 0.3) is 0 Å². The van der Waals surface area contributed by atoms with Gasteiger partial charge in [0, 0.05) is 60.8 Å². The molecule has 2 heterocycles. The highest BCUT2D eigenvalue weighted by Gasteiger charge is 2.19. The topological polar surface area (TPSA) is 52.8 Å². The molecule has 0 aromatic heterocycles. The molecule has 3 rings (SSSR count). The summed E-state index contributed by atoms with van der Waals surface area (Å²) in [7, 11) is 2.19. The van der Waals surface area contributed by atoms with Crippen LogP contribution in [-0.2, 0) is 11.3 Å². The van der Waals surface area contributed by atoms with E-state index in [4.69, 9.17) is 5.73 Å². The fraction of sp³-hybridized carbons (Fsp3) is 0.609. The smallest absolute Gasteiger partial charge is 0.123 e. The third kappa shape index (κ3) is 9.10. The number of piperazine rings is 1. The second kappa shape index (κ2) is 14.2. The van der Waals surface area contributed by atoms with Gasteiger partial charge >= 0.3 is 0 Å². The Labute approximate surface area is 195 Å². The Bertz CT molecular complexity index is 656. The molecular formula is C23H37BrN4OS. The third-order valence-electron chi connectivity index (χ3n) is 5.67. The minimum Gasteiger partial charge on any atom is -0.404 e. The Morgan fingerprint density at radius 3 is 2.37 bits per heavy atom. The lowest BCUT2D eigenvalue weighted by molar-refractivity contribution is -0.112. The van der Waals surface area contributed by atoms with Gasteiger partial charge in [-0.05, 0) is 50.4 Å². The number of hydrogen-bond donors (Lipinski definition) is 1. The minimum atomic E-state index is 0.283. The molecule has 0 bridgehead atoms. The molecule has 168 valence electrons. The summed E-state index contributed by atoms with van der Waals surface area (Å²) in [6.07, 6.45) is 4.80. The van der Waals surface area contributed by atoms with Crippen LogP contribution in [-0.4, -0.2) is 79.6 Å². The fourth-order valence-corrected chi connectivity index (χ4v) is 4.82. The average molecular weight is 498 g/mol. The highest BCUT2D eigenvalue weighted by Crippen LogP contribution is 2.20. The molecule has 0 amide bonds. The molecule has 0 atom stereocenters. The van der Waals surface area contributed by atoms with Crippen LogP contribution in [0.1, 0.15) is 25.3 Å². The summed E-state index contributed by atoms with van der Waals surface area (Å²) in [4.78, 5) is 19.1. The second-order valence-electron chi connectivity index (χ2n) is 7.99. The van der Waals surface area contributed by atoms with Crippen LogP contribution in [0.3, 0.4) is 0 Å². The van der Waals surface area contributed by atoms with Gasteiger partial charge in [-0.2, -0.15) is 0 Å². The number of likely N-dealkylation sites (N-methyl/N-ethyl adjacent to an activating group) is 1. The van der Waals surface area contributed by atoms with E-state index in [1.165, 1.54) is 41.1 Å². The zero-order valence-electron chi connectivity index (χ0n) is 18.4. The van der Waals surface area contributed by atoms with Crippen LogP contribution >= 0.6 is 27.7 Å². The van der Waals surface area contributed by atoms with Gasteiger partial charge in [-0.1, -0.05) is 41.1 Å². The van der Waals surface area contributed by atoms with Gasteiger partial charge in [0.25, 0.3) is 0 Å². The van der Waals surface area contributed by atoms with E-state index in [9.17, 15) is 4.79 Å². The zero-order valence-corrected chi connectivity index (χ0v) is 20.8. The molecule has 30 heavy (non-hydrogen) atoms. The van der Waals surface area contributed by atoms with Gasteiger partial charge in [0.15, 0.2) is 0 Å². The third-order valence-corrected chi connectivity index (χ3v) is 7.37. The summed E-state index contributed by atoms with van der Waals surface area (Å²) >= 11 is 5.40. The lowest BCUT2D eigenvalue weighted by Gasteiger charge is -2.32. The van der Waals surface area contributed by atoms with Crippen molar-refractivity contribution in [2.24, 2.45) is 11.7 Å². The van der Waals surface area contributed by atoms with Crippen molar-refractivity contribution in [3.05, 3.63) is 45.4 Å². The molecule has 2 aliphatic heterocycles. The number of rotatable bonds is 7. The maximum Gasteiger partial charge on any atom is 0.123 e. The van der Waals surface area contributed by atoms with E-state index in [1.54, 1.807) is 18.0 Å². The van der Waals surface area contributed by atoms with Crippen molar-refractivity contribution in [1.82, 2.24) is 14.7 Å². The molecule has 1 aromatic carbocycles. The number of nitrogens with zero attached hydrogens (tertiary/aromatic N) is 3. The van der Waals surface area contributed by atoms with Gasteiger partial charge in [-0.3, -0.25) is 9.80 Å². The number of likely N-dealkylation sites (tertiary alicyclic amines) is 1. The summed E-state index contributed by atoms with van der Waals surface area (Å²) in [6, 6.07) is 8.49. The maximum atomic E-state index is 10.6. The zero-order chi connectivity index (χ0) is 21.8. The van der Waals surface area contributed by atoms with Crippen LogP contribution in [0, 0.1) is 5.92 Å². The van der Waals surface area contributed by atoms with E-state index in [2.05, 4.69) is 68.9 Å². The van der Waals surface area contributed by atoms with Crippen molar-refractivity contribution in [3.63, 3.8) is 0 Å².